The molecule has 2 aromatic rings. The third-order valence-electron chi connectivity index (χ3n) is 5.77. The molecule has 146 valence electrons. The molecule has 0 amide bonds. The first kappa shape index (κ1) is 18.9. The molecular weight excluding hydrogens is 422 g/mol. The van der Waals surface area contributed by atoms with Gasteiger partial charge in [0.2, 0.25) is 0 Å². The first-order valence-electron chi connectivity index (χ1n) is 9.17. The maximum atomic E-state index is 11.8. The number of aromatic carboxylic acids is 1. The van der Waals surface area contributed by atoms with E-state index in [0.717, 1.165) is 33.3 Å². The number of fused-ring (bicyclic) bond motifs is 3. The maximum absolute atomic E-state index is 11.8. The molecule has 4 rings (SSSR count). The predicted octanol–water partition coefficient (Wildman–Crippen LogP) is 5.30. The van der Waals surface area contributed by atoms with Gasteiger partial charge in [0.05, 0.1) is 30.3 Å². The minimum absolute atomic E-state index is 0.0337. The average molecular weight is 444 g/mol. The van der Waals surface area contributed by atoms with Crippen molar-refractivity contribution in [3.05, 3.63) is 63.1 Å². The van der Waals surface area contributed by atoms with E-state index in [4.69, 9.17) is 9.47 Å². The highest BCUT2D eigenvalue weighted by Crippen LogP contribution is 2.53. The zero-order chi connectivity index (χ0) is 20.0. The minimum atomic E-state index is -0.885. The summed E-state index contributed by atoms with van der Waals surface area (Å²) in [5.74, 6) is 0.742. The molecule has 6 heteroatoms. The summed E-state index contributed by atoms with van der Waals surface area (Å²) in [6.07, 6.45) is 5.20. The van der Waals surface area contributed by atoms with Crippen LogP contribution >= 0.6 is 15.9 Å². The van der Waals surface area contributed by atoms with Gasteiger partial charge in [0.15, 0.2) is 11.5 Å². The average Bonchev–Trinajstić information content (AvgIpc) is 3.16. The lowest BCUT2D eigenvalue weighted by atomic mass is 9.74. The second-order valence-corrected chi connectivity index (χ2v) is 8.09. The zero-order valence-corrected chi connectivity index (χ0v) is 17.5. The van der Waals surface area contributed by atoms with Crippen LogP contribution in [0, 0.1) is 12.8 Å². The lowest BCUT2D eigenvalue weighted by Crippen LogP contribution is -2.31. The van der Waals surface area contributed by atoms with E-state index < -0.39 is 5.97 Å². The highest BCUT2D eigenvalue weighted by atomic mass is 79.9. The fourth-order valence-electron chi connectivity index (χ4n) is 4.49. The van der Waals surface area contributed by atoms with E-state index in [9.17, 15) is 9.90 Å². The third kappa shape index (κ3) is 2.87. The molecule has 0 bridgehead atoms. The van der Waals surface area contributed by atoms with Gasteiger partial charge in [0.1, 0.15) is 0 Å². The normalized spacial score (nSPS) is 22.2. The molecule has 5 nitrogen and oxygen atoms in total. The van der Waals surface area contributed by atoms with Crippen molar-refractivity contribution in [3.8, 4) is 11.5 Å². The van der Waals surface area contributed by atoms with E-state index in [1.54, 1.807) is 20.3 Å². The largest absolute Gasteiger partial charge is 0.493 e. The molecule has 0 unspecified atom stereocenters. The SMILES string of the molecule is COc1cc([C@@H]2Nc3c(C)ccc(C(=O)O)c3[C@H]3C=CC[C@@H]32)cc(Br)c1OC. The van der Waals surface area contributed by atoms with Gasteiger partial charge in [0, 0.05) is 11.6 Å². The Balaban J connectivity index is 1.86. The number of benzene rings is 2. The topological polar surface area (TPSA) is 67.8 Å². The number of hydrogen-bond acceptors (Lipinski definition) is 4. The Hall–Kier alpha value is -2.47. The lowest BCUT2D eigenvalue weighted by molar-refractivity contribution is 0.0695. The second-order valence-electron chi connectivity index (χ2n) is 7.24. The van der Waals surface area contributed by atoms with Crippen LogP contribution in [0.4, 0.5) is 5.69 Å². The van der Waals surface area contributed by atoms with E-state index in [1.165, 1.54) is 0 Å². The summed E-state index contributed by atoms with van der Waals surface area (Å²) < 4.78 is 11.8. The fourth-order valence-corrected chi connectivity index (χ4v) is 5.11. The Morgan fingerprint density at radius 1 is 1.25 bits per heavy atom. The van der Waals surface area contributed by atoms with Crippen molar-refractivity contribution in [2.24, 2.45) is 5.92 Å². The van der Waals surface area contributed by atoms with Gasteiger partial charge in [0.25, 0.3) is 0 Å². The quantitative estimate of drug-likeness (QED) is 0.627. The Kier molecular flexibility index (Phi) is 4.83. The van der Waals surface area contributed by atoms with Crippen LogP contribution < -0.4 is 14.8 Å². The van der Waals surface area contributed by atoms with E-state index in [0.29, 0.717) is 17.1 Å². The molecule has 1 heterocycles. The molecule has 2 aromatic carbocycles. The van der Waals surface area contributed by atoms with E-state index in [2.05, 4.69) is 39.5 Å². The Morgan fingerprint density at radius 2 is 2.04 bits per heavy atom. The van der Waals surface area contributed by atoms with Gasteiger partial charge >= 0.3 is 5.97 Å². The molecule has 3 atom stereocenters. The Morgan fingerprint density at radius 3 is 2.71 bits per heavy atom. The van der Waals surface area contributed by atoms with Crippen molar-refractivity contribution < 1.29 is 19.4 Å². The summed E-state index contributed by atoms with van der Waals surface area (Å²) in [6.45, 7) is 2.01. The first-order chi connectivity index (χ1) is 13.5. The van der Waals surface area contributed by atoms with E-state index in [-0.39, 0.29) is 17.9 Å². The van der Waals surface area contributed by atoms with Crippen LogP contribution in [0.2, 0.25) is 0 Å². The van der Waals surface area contributed by atoms with Crippen molar-refractivity contribution in [3.63, 3.8) is 0 Å². The molecule has 28 heavy (non-hydrogen) atoms. The minimum Gasteiger partial charge on any atom is -0.493 e. The van der Waals surface area contributed by atoms with Gasteiger partial charge in [-0.1, -0.05) is 18.2 Å². The summed E-state index contributed by atoms with van der Waals surface area (Å²) in [6, 6.07) is 7.67. The molecule has 0 fully saturated rings. The molecule has 0 radical (unpaired) electrons. The van der Waals surface area contributed by atoms with Crippen molar-refractivity contribution in [2.45, 2.75) is 25.3 Å². The van der Waals surface area contributed by atoms with Gasteiger partial charge in [-0.3, -0.25) is 0 Å². The molecule has 0 saturated heterocycles. The fraction of sp³-hybridized carbons (Fsp3) is 0.318. The number of nitrogens with one attached hydrogen (secondary N) is 1. The number of carbonyl (C=O) groups is 1. The highest BCUT2D eigenvalue weighted by molar-refractivity contribution is 9.10. The molecule has 0 aromatic heterocycles. The standard InChI is InChI=1S/C22H22BrNO4/c1-11-7-8-15(22(25)26)18-13-5-4-6-14(13)20(24-19(11)18)12-9-16(23)21(28-3)17(10-12)27-2/h4-5,7-10,13-14,20,24H,6H2,1-3H3,(H,25,26)/t13-,14-,20-/m0/s1. The van der Waals surface area contributed by atoms with Crippen molar-refractivity contribution in [1.29, 1.82) is 0 Å². The summed E-state index contributed by atoms with van der Waals surface area (Å²) in [5.41, 5.74) is 4.31. The van der Waals surface area contributed by atoms with Crippen molar-refractivity contribution >= 4 is 27.6 Å². The number of ether oxygens (including phenoxy) is 2. The van der Waals surface area contributed by atoms with Crippen molar-refractivity contribution in [2.75, 3.05) is 19.5 Å². The van der Waals surface area contributed by atoms with Crippen molar-refractivity contribution in [1.82, 2.24) is 0 Å². The van der Waals surface area contributed by atoms with Crippen LogP contribution in [0.5, 0.6) is 11.5 Å². The number of carboxylic acid groups (broad SMARTS) is 1. The van der Waals surface area contributed by atoms with Gasteiger partial charge in [-0.05, 0) is 70.1 Å². The molecule has 1 aliphatic heterocycles. The predicted molar refractivity (Wildman–Crippen MR) is 112 cm³/mol. The summed E-state index contributed by atoms with van der Waals surface area (Å²) in [5, 5.41) is 13.4. The van der Waals surface area contributed by atoms with Gasteiger partial charge in [-0.25, -0.2) is 4.79 Å². The van der Waals surface area contributed by atoms with E-state index in [1.807, 2.05) is 19.1 Å². The third-order valence-corrected chi connectivity index (χ3v) is 6.36. The summed E-state index contributed by atoms with van der Waals surface area (Å²) >= 11 is 3.59. The molecular formula is C22H22BrNO4. The molecule has 2 aliphatic rings. The second kappa shape index (κ2) is 7.17. The van der Waals surface area contributed by atoms with Crippen LogP contribution in [0.25, 0.3) is 0 Å². The molecule has 0 saturated carbocycles. The molecule has 2 N–H and O–H groups in total. The zero-order valence-electron chi connectivity index (χ0n) is 16.0. The van der Waals surface area contributed by atoms with Crippen LogP contribution in [0.3, 0.4) is 0 Å². The number of methoxy groups -OCH3 is 2. The summed E-state index contributed by atoms with van der Waals surface area (Å²) in [7, 11) is 3.24. The number of aryl methyl sites for hydroxylation is 1. The smallest absolute Gasteiger partial charge is 0.336 e. The number of carboxylic acids is 1. The molecule has 0 spiro atoms. The van der Waals surface area contributed by atoms with Crippen LogP contribution in [0.15, 0.2) is 40.9 Å². The number of allylic oxidation sites excluding steroid dienone is 2. The maximum Gasteiger partial charge on any atom is 0.336 e. The highest BCUT2D eigenvalue weighted by Gasteiger charge is 2.41. The van der Waals surface area contributed by atoms with Gasteiger partial charge < -0.3 is 19.9 Å². The van der Waals surface area contributed by atoms with Gasteiger partial charge in [-0.15, -0.1) is 0 Å². The van der Waals surface area contributed by atoms with Crippen LogP contribution in [-0.2, 0) is 0 Å². The number of hydrogen-bond donors (Lipinski definition) is 2. The van der Waals surface area contributed by atoms with Crippen LogP contribution in [0.1, 0.15) is 45.4 Å². The van der Waals surface area contributed by atoms with Crippen LogP contribution in [-0.4, -0.2) is 25.3 Å². The Labute approximate surface area is 172 Å². The van der Waals surface area contributed by atoms with E-state index >= 15 is 0 Å². The molecule has 1 aliphatic carbocycles. The number of anilines is 1. The monoisotopic (exact) mass is 443 g/mol. The number of rotatable bonds is 4. The Bertz CT molecular complexity index is 985. The lowest BCUT2D eigenvalue weighted by Gasteiger charge is -2.39. The van der Waals surface area contributed by atoms with Gasteiger partial charge in [-0.2, -0.15) is 0 Å². The number of halogens is 1. The summed E-state index contributed by atoms with van der Waals surface area (Å²) in [4.78, 5) is 11.8. The first-order valence-corrected chi connectivity index (χ1v) is 9.97.